The third kappa shape index (κ3) is 1.37. The number of fused-ring (bicyclic) bond motifs is 1. The van der Waals surface area contributed by atoms with Gasteiger partial charge in [0.05, 0.1) is 24.1 Å². The number of hydrogen-bond donors (Lipinski definition) is 1. The summed E-state index contributed by atoms with van der Waals surface area (Å²) in [6.07, 6.45) is 6.37. The third-order valence-corrected chi connectivity index (χ3v) is 2.56. The number of H-pyrrole nitrogens is 1. The molecule has 0 radical (unpaired) electrons. The van der Waals surface area contributed by atoms with Crippen LogP contribution in [0.3, 0.4) is 0 Å². The van der Waals surface area contributed by atoms with Crippen LogP contribution in [0.4, 0.5) is 0 Å². The molecule has 5 nitrogen and oxygen atoms in total. The Hall–Kier alpha value is -2.17. The summed E-state index contributed by atoms with van der Waals surface area (Å²) in [6, 6.07) is 3.93. The van der Waals surface area contributed by atoms with E-state index < -0.39 is 0 Å². The van der Waals surface area contributed by atoms with Gasteiger partial charge >= 0.3 is 0 Å². The summed E-state index contributed by atoms with van der Waals surface area (Å²) in [5.41, 5.74) is 3.77. The lowest BCUT2D eigenvalue weighted by molar-refractivity contribution is 0.942. The number of aromatic amines is 1. The van der Waals surface area contributed by atoms with Gasteiger partial charge in [0, 0.05) is 5.69 Å². The maximum atomic E-state index is 4.35. The van der Waals surface area contributed by atoms with Gasteiger partial charge in [0.1, 0.15) is 11.4 Å². The summed E-state index contributed by atoms with van der Waals surface area (Å²) in [5, 5.41) is 11.4. The normalized spacial score (nSPS) is 11.1. The molecule has 0 aliphatic rings. The van der Waals surface area contributed by atoms with Crippen molar-refractivity contribution in [3.8, 4) is 11.4 Å². The van der Waals surface area contributed by atoms with Crippen LogP contribution in [0.1, 0.15) is 12.6 Å². The number of hydrogen-bond acceptors (Lipinski definition) is 3. The molecule has 3 aromatic heterocycles. The minimum atomic E-state index is 0.826. The van der Waals surface area contributed by atoms with Crippen LogP contribution >= 0.6 is 0 Å². The van der Waals surface area contributed by atoms with E-state index in [4.69, 9.17) is 0 Å². The van der Waals surface area contributed by atoms with Gasteiger partial charge in [-0.1, -0.05) is 6.92 Å². The second kappa shape index (κ2) is 3.44. The summed E-state index contributed by atoms with van der Waals surface area (Å²) in [5.74, 6) is 0. The van der Waals surface area contributed by atoms with Crippen molar-refractivity contribution in [1.82, 2.24) is 24.8 Å². The largest absolute Gasteiger partial charge is 0.282 e. The van der Waals surface area contributed by atoms with Gasteiger partial charge in [-0.05, 0) is 18.6 Å². The molecule has 0 saturated heterocycles. The molecule has 0 fully saturated rings. The van der Waals surface area contributed by atoms with E-state index in [1.807, 2.05) is 18.3 Å². The summed E-state index contributed by atoms with van der Waals surface area (Å²) in [6.45, 7) is 2.08. The first-order chi connectivity index (χ1) is 7.86. The molecule has 0 amide bonds. The van der Waals surface area contributed by atoms with Gasteiger partial charge in [-0.15, -0.1) is 0 Å². The molecular weight excluding hydrogens is 202 g/mol. The Morgan fingerprint density at radius 2 is 2.31 bits per heavy atom. The van der Waals surface area contributed by atoms with Gasteiger partial charge in [0.2, 0.25) is 0 Å². The highest BCUT2D eigenvalue weighted by Gasteiger charge is 2.05. The van der Waals surface area contributed by atoms with Crippen LogP contribution in [0.15, 0.2) is 30.7 Å². The van der Waals surface area contributed by atoms with E-state index in [0.717, 1.165) is 29.0 Å². The number of aryl methyl sites for hydroxylation is 1. The Kier molecular flexibility index (Phi) is 1.96. The van der Waals surface area contributed by atoms with Crippen molar-refractivity contribution in [2.45, 2.75) is 13.3 Å². The average molecular weight is 213 g/mol. The molecule has 0 aromatic carbocycles. The highest BCUT2D eigenvalue weighted by Crippen LogP contribution is 2.15. The molecule has 0 atom stereocenters. The first kappa shape index (κ1) is 9.08. The van der Waals surface area contributed by atoms with Crippen molar-refractivity contribution < 1.29 is 0 Å². The molecule has 3 rings (SSSR count). The van der Waals surface area contributed by atoms with E-state index in [1.54, 1.807) is 16.9 Å². The number of aromatic nitrogens is 5. The second-order valence-electron chi connectivity index (χ2n) is 3.61. The van der Waals surface area contributed by atoms with Crippen LogP contribution < -0.4 is 0 Å². The minimum absolute atomic E-state index is 0.826. The average Bonchev–Trinajstić information content (AvgIpc) is 2.96. The molecule has 0 bridgehead atoms. The molecule has 0 spiro atoms. The van der Waals surface area contributed by atoms with Gasteiger partial charge in [-0.3, -0.25) is 10.1 Å². The predicted octanol–water partition coefficient (Wildman–Crippen LogP) is 1.68. The van der Waals surface area contributed by atoms with Crippen molar-refractivity contribution in [1.29, 1.82) is 0 Å². The molecule has 1 N–H and O–H groups in total. The lowest BCUT2D eigenvalue weighted by Crippen LogP contribution is -1.91. The Morgan fingerprint density at radius 1 is 1.38 bits per heavy atom. The molecule has 16 heavy (non-hydrogen) atoms. The quantitative estimate of drug-likeness (QED) is 0.704. The molecule has 0 saturated carbocycles. The van der Waals surface area contributed by atoms with Crippen molar-refractivity contribution in [2.75, 3.05) is 0 Å². The fourth-order valence-electron chi connectivity index (χ4n) is 1.63. The molecule has 0 unspecified atom stereocenters. The molecule has 3 heterocycles. The topological polar surface area (TPSA) is 58.9 Å². The summed E-state index contributed by atoms with van der Waals surface area (Å²) >= 11 is 0. The van der Waals surface area contributed by atoms with Crippen LogP contribution in [0.5, 0.6) is 0 Å². The van der Waals surface area contributed by atoms with E-state index in [2.05, 4.69) is 27.2 Å². The number of rotatable bonds is 2. The first-order valence-electron chi connectivity index (χ1n) is 5.21. The maximum absolute atomic E-state index is 4.35. The maximum Gasteiger partial charge on any atom is 0.112 e. The van der Waals surface area contributed by atoms with E-state index in [1.165, 1.54) is 0 Å². The Bertz CT molecular complexity index is 622. The Balaban J connectivity index is 2.10. The Labute approximate surface area is 92.1 Å². The van der Waals surface area contributed by atoms with E-state index in [9.17, 15) is 0 Å². The first-order valence-corrected chi connectivity index (χ1v) is 5.21. The summed E-state index contributed by atoms with van der Waals surface area (Å²) in [7, 11) is 0. The minimum Gasteiger partial charge on any atom is -0.282 e. The van der Waals surface area contributed by atoms with E-state index in [-0.39, 0.29) is 0 Å². The van der Waals surface area contributed by atoms with E-state index in [0.29, 0.717) is 0 Å². The van der Waals surface area contributed by atoms with Crippen LogP contribution in [0.2, 0.25) is 0 Å². The fraction of sp³-hybridized carbons (Fsp3) is 0.182. The fourth-order valence-corrected chi connectivity index (χ4v) is 1.63. The molecule has 3 aromatic rings. The summed E-state index contributed by atoms with van der Waals surface area (Å²) in [4.78, 5) is 4.35. The van der Waals surface area contributed by atoms with Crippen molar-refractivity contribution in [2.24, 2.45) is 0 Å². The molecule has 5 heteroatoms. The number of nitrogens with one attached hydrogen (secondary N) is 1. The second-order valence-corrected chi connectivity index (χ2v) is 3.61. The predicted molar refractivity (Wildman–Crippen MR) is 59.9 cm³/mol. The van der Waals surface area contributed by atoms with Gasteiger partial charge in [-0.2, -0.15) is 10.2 Å². The zero-order valence-corrected chi connectivity index (χ0v) is 8.88. The third-order valence-electron chi connectivity index (χ3n) is 2.56. The van der Waals surface area contributed by atoms with Gasteiger partial charge in [-0.25, -0.2) is 4.52 Å². The molecular formula is C11H11N5. The lowest BCUT2D eigenvalue weighted by Gasteiger charge is -1.96. The highest BCUT2D eigenvalue weighted by atomic mass is 15.2. The standard InChI is InChI=1S/C11H11N5/c1-2-8-5-10(15-14-8)11-7-16-9(6-12-11)3-4-13-16/h3-7H,2H2,1H3,(H,14,15). The smallest absolute Gasteiger partial charge is 0.112 e. The highest BCUT2D eigenvalue weighted by molar-refractivity contribution is 5.56. The number of nitrogens with zero attached hydrogens (tertiary/aromatic N) is 4. The zero-order valence-electron chi connectivity index (χ0n) is 8.88. The lowest BCUT2D eigenvalue weighted by atomic mass is 10.2. The SMILES string of the molecule is CCc1cc(-c2cn3nccc3cn2)n[nH]1. The van der Waals surface area contributed by atoms with Gasteiger partial charge in [0.15, 0.2) is 0 Å². The molecule has 0 aliphatic heterocycles. The van der Waals surface area contributed by atoms with Gasteiger partial charge < -0.3 is 0 Å². The zero-order chi connectivity index (χ0) is 11.0. The van der Waals surface area contributed by atoms with E-state index >= 15 is 0 Å². The molecule has 0 aliphatic carbocycles. The van der Waals surface area contributed by atoms with Crippen LogP contribution in [0.25, 0.3) is 16.9 Å². The Morgan fingerprint density at radius 3 is 3.12 bits per heavy atom. The van der Waals surface area contributed by atoms with Crippen LogP contribution in [-0.2, 0) is 6.42 Å². The molecule has 80 valence electrons. The van der Waals surface area contributed by atoms with Crippen molar-refractivity contribution in [3.05, 3.63) is 36.4 Å². The van der Waals surface area contributed by atoms with Crippen molar-refractivity contribution in [3.63, 3.8) is 0 Å². The summed E-state index contributed by atoms with van der Waals surface area (Å²) < 4.78 is 1.79. The monoisotopic (exact) mass is 213 g/mol. The van der Waals surface area contributed by atoms with Crippen LogP contribution in [0, 0.1) is 0 Å². The van der Waals surface area contributed by atoms with Gasteiger partial charge in [0.25, 0.3) is 0 Å². The van der Waals surface area contributed by atoms with Crippen molar-refractivity contribution >= 4 is 5.52 Å². The van der Waals surface area contributed by atoms with Crippen LogP contribution in [-0.4, -0.2) is 24.8 Å².